The molecule has 0 aliphatic heterocycles. The fourth-order valence-corrected chi connectivity index (χ4v) is 2.03. The van der Waals surface area contributed by atoms with Gasteiger partial charge in [-0.2, -0.15) is 0 Å². The van der Waals surface area contributed by atoms with Gasteiger partial charge >= 0.3 is 5.97 Å². The van der Waals surface area contributed by atoms with Gasteiger partial charge in [-0.05, 0) is 23.8 Å². The topological polar surface area (TPSA) is 37.3 Å². The normalized spacial score (nSPS) is 26.9. The maximum absolute atomic E-state index is 10.8. The summed E-state index contributed by atoms with van der Waals surface area (Å²) < 4.78 is 0. The summed E-state index contributed by atoms with van der Waals surface area (Å²) in [6, 6.07) is 10.2. The van der Waals surface area contributed by atoms with Crippen LogP contribution < -0.4 is 0 Å². The molecule has 1 aliphatic carbocycles. The van der Waals surface area contributed by atoms with Crippen LogP contribution in [-0.2, 0) is 4.79 Å². The van der Waals surface area contributed by atoms with Gasteiger partial charge in [0, 0.05) is 0 Å². The number of rotatable bonds is 3. The molecule has 1 saturated carbocycles. The van der Waals surface area contributed by atoms with Crippen LogP contribution in [0.1, 0.15) is 24.8 Å². The highest BCUT2D eigenvalue weighted by atomic mass is 16.4. The average molecular weight is 190 g/mol. The van der Waals surface area contributed by atoms with Crippen LogP contribution in [0.25, 0.3) is 0 Å². The Balaban J connectivity index is 2.03. The quantitative estimate of drug-likeness (QED) is 0.795. The molecule has 1 unspecified atom stereocenters. The first kappa shape index (κ1) is 9.25. The molecule has 1 fully saturated rings. The van der Waals surface area contributed by atoms with Gasteiger partial charge in [-0.15, -0.1) is 0 Å². The minimum atomic E-state index is -0.673. The standard InChI is InChI=1S/C12H14O2/c1-8(12(13)14)10-7-11(10)9-5-3-2-4-6-9/h2-6,8,10-11H,7H2,1H3,(H,13,14)/t8?,10-,11-/m1/s1. The van der Waals surface area contributed by atoms with Crippen molar-refractivity contribution < 1.29 is 9.90 Å². The first-order valence-corrected chi connectivity index (χ1v) is 4.98. The van der Waals surface area contributed by atoms with Crippen molar-refractivity contribution in [3.8, 4) is 0 Å². The zero-order chi connectivity index (χ0) is 10.1. The van der Waals surface area contributed by atoms with Gasteiger partial charge in [-0.25, -0.2) is 0 Å². The maximum Gasteiger partial charge on any atom is 0.306 e. The summed E-state index contributed by atoms with van der Waals surface area (Å²) in [5, 5.41) is 8.86. The van der Waals surface area contributed by atoms with Crippen LogP contribution in [0, 0.1) is 11.8 Å². The molecule has 0 aromatic heterocycles. The lowest BCUT2D eigenvalue weighted by Crippen LogP contribution is -2.12. The molecule has 0 bridgehead atoms. The summed E-state index contributed by atoms with van der Waals surface area (Å²) in [4.78, 5) is 10.8. The van der Waals surface area contributed by atoms with Crippen LogP contribution in [0.3, 0.4) is 0 Å². The first-order valence-electron chi connectivity index (χ1n) is 4.98. The summed E-state index contributed by atoms with van der Waals surface area (Å²) in [5.74, 6) is -0.0640. The van der Waals surface area contributed by atoms with Crippen molar-refractivity contribution in [2.24, 2.45) is 11.8 Å². The second-order valence-corrected chi connectivity index (χ2v) is 4.04. The van der Waals surface area contributed by atoms with E-state index in [2.05, 4.69) is 12.1 Å². The monoisotopic (exact) mass is 190 g/mol. The van der Waals surface area contributed by atoms with E-state index in [4.69, 9.17) is 5.11 Å². The van der Waals surface area contributed by atoms with Crippen LogP contribution >= 0.6 is 0 Å². The summed E-state index contributed by atoms with van der Waals surface area (Å²) in [6.07, 6.45) is 1.03. The number of hydrogen-bond donors (Lipinski definition) is 1. The van der Waals surface area contributed by atoms with Crippen molar-refractivity contribution in [3.05, 3.63) is 35.9 Å². The van der Waals surface area contributed by atoms with Gasteiger partial charge in [0.15, 0.2) is 0 Å². The lowest BCUT2D eigenvalue weighted by molar-refractivity contribution is -0.141. The van der Waals surface area contributed by atoms with E-state index in [0.29, 0.717) is 11.8 Å². The Morgan fingerprint density at radius 2 is 2.07 bits per heavy atom. The van der Waals surface area contributed by atoms with Gasteiger partial charge in [0.25, 0.3) is 0 Å². The third-order valence-corrected chi connectivity index (χ3v) is 3.10. The molecule has 0 saturated heterocycles. The Morgan fingerprint density at radius 1 is 1.43 bits per heavy atom. The minimum Gasteiger partial charge on any atom is -0.481 e. The van der Waals surface area contributed by atoms with Gasteiger partial charge in [-0.3, -0.25) is 4.79 Å². The fourth-order valence-electron chi connectivity index (χ4n) is 2.03. The van der Waals surface area contributed by atoms with E-state index in [1.165, 1.54) is 5.56 Å². The van der Waals surface area contributed by atoms with Gasteiger partial charge in [0.05, 0.1) is 5.92 Å². The molecule has 1 aliphatic rings. The summed E-state index contributed by atoms with van der Waals surface area (Å²) in [6.45, 7) is 1.80. The second kappa shape index (κ2) is 3.45. The van der Waals surface area contributed by atoms with Crippen LogP contribution in [-0.4, -0.2) is 11.1 Å². The molecule has 1 aromatic rings. The maximum atomic E-state index is 10.8. The molecule has 0 spiro atoms. The van der Waals surface area contributed by atoms with Crippen LogP contribution in [0.15, 0.2) is 30.3 Å². The van der Waals surface area contributed by atoms with Gasteiger partial charge in [0.1, 0.15) is 0 Å². The fraction of sp³-hybridized carbons (Fsp3) is 0.417. The predicted molar refractivity (Wildman–Crippen MR) is 54.1 cm³/mol. The summed E-state index contributed by atoms with van der Waals surface area (Å²) >= 11 is 0. The molecule has 3 atom stereocenters. The molecule has 74 valence electrons. The predicted octanol–water partition coefficient (Wildman–Crippen LogP) is 2.51. The minimum absolute atomic E-state index is 0.208. The molecule has 0 radical (unpaired) electrons. The third kappa shape index (κ3) is 1.65. The Morgan fingerprint density at radius 3 is 2.64 bits per heavy atom. The molecular weight excluding hydrogens is 176 g/mol. The van der Waals surface area contributed by atoms with Gasteiger partial charge < -0.3 is 5.11 Å². The second-order valence-electron chi connectivity index (χ2n) is 4.04. The van der Waals surface area contributed by atoms with Crippen molar-refractivity contribution >= 4 is 5.97 Å². The lowest BCUT2D eigenvalue weighted by Gasteiger charge is -2.04. The highest BCUT2D eigenvalue weighted by Crippen LogP contribution is 2.51. The zero-order valence-corrected chi connectivity index (χ0v) is 8.18. The number of hydrogen-bond acceptors (Lipinski definition) is 1. The van der Waals surface area contributed by atoms with Crippen molar-refractivity contribution in [2.45, 2.75) is 19.3 Å². The Hall–Kier alpha value is -1.31. The van der Waals surface area contributed by atoms with Crippen molar-refractivity contribution in [1.29, 1.82) is 0 Å². The van der Waals surface area contributed by atoms with Crippen LogP contribution in [0.2, 0.25) is 0 Å². The molecule has 14 heavy (non-hydrogen) atoms. The molecule has 0 heterocycles. The van der Waals surface area contributed by atoms with Gasteiger partial charge in [0.2, 0.25) is 0 Å². The van der Waals surface area contributed by atoms with Gasteiger partial charge in [-0.1, -0.05) is 37.3 Å². The molecule has 2 nitrogen and oxygen atoms in total. The van der Waals surface area contributed by atoms with Crippen molar-refractivity contribution in [2.75, 3.05) is 0 Å². The number of aliphatic carboxylic acids is 1. The van der Waals surface area contributed by atoms with Crippen molar-refractivity contribution in [3.63, 3.8) is 0 Å². The molecular formula is C12H14O2. The van der Waals surface area contributed by atoms with E-state index in [0.717, 1.165) is 6.42 Å². The SMILES string of the molecule is CC(C(=O)O)[C@H]1C[C@@H]1c1ccccc1. The Bertz CT molecular complexity index is 331. The van der Waals surface area contributed by atoms with E-state index >= 15 is 0 Å². The van der Waals surface area contributed by atoms with E-state index in [1.54, 1.807) is 6.92 Å². The Labute approximate surface area is 83.6 Å². The van der Waals surface area contributed by atoms with E-state index in [1.807, 2.05) is 18.2 Å². The molecule has 2 rings (SSSR count). The van der Waals surface area contributed by atoms with E-state index < -0.39 is 5.97 Å². The Kier molecular flexibility index (Phi) is 2.28. The largest absolute Gasteiger partial charge is 0.481 e. The van der Waals surface area contributed by atoms with E-state index in [9.17, 15) is 4.79 Å². The molecule has 1 N–H and O–H groups in total. The number of carboxylic acids is 1. The summed E-state index contributed by atoms with van der Waals surface area (Å²) in [7, 11) is 0. The first-order chi connectivity index (χ1) is 6.70. The molecule has 2 heteroatoms. The average Bonchev–Trinajstić information content (AvgIpc) is 2.97. The highest BCUT2D eigenvalue weighted by molar-refractivity contribution is 5.70. The summed E-state index contributed by atoms with van der Waals surface area (Å²) in [5.41, 5.74) is 1.28. The van der Waals surface area contributed by atoms with Crippen molar-refractivity contribution in [1.82, 2.24) is 0 Å². The zero-order valence-electron chi connectivity index (χ0n) is 8.18. The van der Waals surface area contributed by atoms with E-state index in [-0.39, 0.29) is 5.92 Å². The number of carboxylic acid groups (broad SMARTS) is 1. The molecule has 1 aromatic carbocycles. The third-order valence-electron chi connectivity index (χ3n) is 3.10. The highest BCUT2D eigenvalue weighted by Gasteiger charge is 2.44. The lowest BCUT2D eigenvalue weighted by atomic mass is 10.0. The smallest absolute Gasteiger partial charge is 0.306 e. The number of carbonyl (C=O) groups is 1. The van der Waals surface area contributed by atoms with Crippen LogP contribution in [0.5, 0.6) is 0 Å². The van der Waals surface area contributed by atoms with Crippen LogP contribution in [0.4, 0.5) is 0 Å². The number of benzene rings is 1. The molecule has 0 amide bonds.